The Morgan fingerprint density at radius 1 is 1.50 bits per heavy atom. The summed E-state index contributed by atoms with van der Waals surface area (Å²) in [7, 11) is 0. The van der Waals surface area contributed by atoms with Gasteiger partial charge < -0.3 is 15.5 Å². The summed E-state index contributed by atoms with van der Waals surface area (Å²) in [5.74, 6) is 1.22. The molecule has 1 saturated carbocycles. The molecule has 1 aliphatic carbocycles. The standard InChI is InChI=1S/C13H15N3O2/c14-6-5-12(17)15-9-3-4-10-11(7-9)18-13(16-10)8-1-2-8/h3-4,7-8H,1-2,5-6,14H2,(H,15,17). The van der Waals surface area contributed by atoms with Crippen molar-refractivity contribution in [1.82, 2.24) is 4.98 Å². The zero-order chi connectivity index (χ0) is 12.5. The van der Waals surface area contributed by atoms with Crippen molar-refractivity contribution in [3.8, 4) is 0 Å². The van der Waals surface area contributed by atoms with Crippen LogP contribution in [-0.4, -0.2) is 17.4 Å². The Kier molecular flexibility index (Phi) is 2.76. The third-order valence-electron chi connectivity index (χ3n) is 2.99. The normalized spacial score (nSPS) is 14.9. The highest BCUT2D eigenvalue weighted by atomic mass is 16.3. The number of carbonyl (C=O) groups excluding carboxylic acids is 1. The summed E-state index contributed by atoms with van der Waals surface area (Å²) in [5, 5.41) is 2.78. The van der Waals surface area contributed by atoms with Crippen molar-refractivity contribution >= 4 is 22.7 Å². The SMILES string of the molecule is NCCC(=O)Nc1ccc2nc(C3CC3)oc2c1. The average molecular weight is 245 g/mol. The lowest BCUT2D eigenvalue weighted by Crippen LogP contribution is -2.15. The number of amides is 1. The van der Waals surface area contributed by atoms with E-state index >= 15 is 0 Å². The lowest BCUT2D eigenvalue weighted by atomic mass is 10.2. The number of hydrogen-bond acceptors (Lipinski definition) is 4. The minimum atomic E-state index is -0.0845. The highest BCUT2D eigenvalue weighted by Crippen LogP contribution is 2.40. The Balaban J connectivity index is 1.83. The zero-order valence-electron chi connectivity index (χ0n) is 9.98. The fourth-order valence-electron chi connectivity index (χ4n) is 1.88. The van der Waals surface area contributed by atoms with Crippen molar-refractivity contribution in [1.29, 1.82) is 0 Å². The Bertz CT molecular complexity index is 587. The lowest BCUT2D eigenvalue weighted by molar-refractivity contribution is -0.116. The summed E-state index contributed by atoms with van der Waals surface area (Å²) in [6.07, 6.45) is 2.64. The van der Waals surface area contributed by atoms with Crippen molar-refractivity contribution < 1.29 is 9.21 Å². The first-order valence-electron chi connectivity index (χ1n) is 6.16. The first-order chi connectivity index (χ1) is 8.76. The number of anilines is 1. The number of rotatable bonds is 4. The number of aromatic nitrogens is 1. The third-order valence-corrected chi connectivity index (χ3v) is 2.99. The van der Waals surface area contributed by atoms with Gasteiger partial charge in [-0.3, -0.25) is 4.79 Å². The van der Waals surface area contributed by atoms with Gasteiger partial charge in [0, 0.05) is 30.6 Å². The minimum absolute atomic E-state index is 0.0845. The van der Waals surface area contributed by atoms with E-state index in [-0.39, 0.29) is 5.91 Å². The van der Waals surface area contributed by atoms with Crippen LogP contribution in [0.2, 0.25) is 0 Å². The molecule has 1 aromatic heterocycles. The van der Waals surface area contributed by atoms with Crippen molar-refractivity contribution in [2.24, 2.45) is 5.73 Å². The number of hydrogen-bond donors (Lipinski definition) is 2. The molecule has 0 atom stereocenters. The summed E-state index contributed by atoms with van der Waals surface area (Å²) < 4.78 is 5.69. The monoisotopic (exact) mass is 245 g/mol. The summed E-state index contributed by atoms with van der Waals surface area (Å²) in [4.78, 5) is 15.9. The van der Waals surface area contributed by atoms with Gasteiger partial charge in [0.15, 0.2) is 11.5 Å². The molecule has 1 aliphatic rings. The van der Waals surface area contributed by atoms with E-state index in [0.29, 0.717) is 18.9 Å². The van der Waals surface area contributed by atoms with Crippen LogP contribution in [0.1, 0.15) is 31.1 Å². The minimum Gasteiger partial charge on any atom is -0.440 e. The quantitative estimate of drug-likeness (QED) is 0.863. The number of nitrogens with one attached hydrogen (secondary N) is 1. The van der Waals surface area contributed by atoms with Gasteiger partial charge in [-0.25, -0.2) is 4.98 Å². The highest BCUT2D eigenvalue weighted by Gasteiger charge is 2.28. The maximum atomic E-state index is 11.4. The number of carbonyl (C=O) groups is 1. The molecule has 1 fully saturated rings. The van der Waals surface area contributed by atoms with Crippen LogP contribution in [0.25, 0.3) is 11.1 Å². The van der Waals surface area contributed by atoms with Crippen molar-refractivity contribution in [3.63, 3.8) is 0 Å². The molecule has 1 heterocycles. The summed E-state index contributed by atoms with van der Waals surface area (Å²) in [6.45, 7) is 0.349. The second-order valence-corrected chi connectivity index (χ2v) is 4.60. The second-order valence-electron chi connectivity index (χ2n) is 4.60. The maximum Gasteiger partial charge on any atom is 0.225 e. The smallest absolute Gasteiger partial charge is 0.225 e. The number of nitrogens with zero attached hydrogens (tertiary/aromatic N) is 1. The molecule has 0 aliphatic heterocycles. The van der Waals surface area contributed by atoms with E-state index in [2.05, 4.69) is 10.3 Å². The van der Waals surface area contributed by atoms with Gasteiger partial charge in [-0.1, -0.05) is 0 Å². The van der Waals surface area contributed by atoms with Crippen molar-refractivity contribution in [2.45, 2.75) is 25.2 Å². The molecule has 5 heteroatoms. The molecular weight excluding hydrogens is 230 g/mol. The predicted molar refractivity (Wildman–Crippen MR) is 68.3 cm³/mol. The van der Waals surface area contributed by atoms with E-state index in [1.54, 1.807) is 0 Å². The molecule has 94 valence electrons. The molecule has 5 nitrogen and oxygen atoms in total. The topological polar surface area (TPSA) is 81.2 Å². The molecule has 0 spiro atoms. The zero-order valence-corrected chi connectivity index (χ0v) is 9.98. The average Bonchev–Trinajstić information content (AvgIpc) is 3.10. The Morgan fingerprint density at radius 3 is 3.06 bits per heavy atom. The maximum absolute atomic E-state index is 11.4. The fraction of sp³-hybridized carbons (Fsp3) is 0.385. The third kappa shape index (κ3) is 2.22. The molecule has 18 heavy (non-hydrogen) atoms. The van der Waals surface area contributed by atoms with Crippen LogP contribution >= 0.6 is 0 Å². The van der Waals surface area contributed by atoms with Gasteiger partial charge in [-0.05, 0) is 25.0 Å². The Labute approximate surface area is 104 Å². The lowest BCUT2D eigenvalue weighted by Gasteiger charge is -2.02. The number of nitrogens with two attached hydrogens (primary N) is 1. The van der Waals surface area contributed by atoms with E-state index < -0.39 is 0 Å². The van der Waals surface area contributed by atoms with Crippen molar-refractivity contribution in [3.05, 3.63) is 24.1 Å². The van der Waals surface area contributed by atoms with Gasteiger partial charge in [-0.15, -0.1) is 0 Å². The van der Waals surface area contributed by atoms with Crippen LogP contribution in [0, 0.1) is 0 Å². The largest absolute Gasteiger partial charge is 0.440 e. The number of fused-ring (bicyclic) bond motifs is 1. The summed E-state index contributed by atoms with van der Waals surface area (Å²) in [5.41, 5.74) is 7.62. The first kappa shape index (κ1) is 11.2. The van der Waals surface area contributed by atoms with Crippen molar-refractivity contribution in [2.75, 3.05) is 11.9 Å². The Hall–Kier alpha value is -1.88. The van der Waals surface area contributed by atoms with E-state index in [1.807, 2.05) is 18.2 Å². The summed E-state index contributed by atoms with van der Waals surface area (Å²) >= 11 is 0. The fourth-order valence-corrected chi connectivity index (χ4v) is 1.88. The van der Waals surface area contributed by atoms with E-state index in [4.69, 9.17) is 10.2 Å². The van der Waals surface area contributed by atoms with Gasteiger partial charge in [0.25, 0.3) is 0 Å². The molecule has 0 saturated heterocycles. The molecule has 1 aromatic carbocycles. The van der Waals surface area contributed by atoms with E-state index in [1.165, 1.54) is 0 Å². The van der Waals surface area contributed by atoms with Crippen LogP contribution in [0.3, 0.4) is 0 Å². The molecule has 3 N–H and O–H groups in total. The molecular formula is C13H15N3O2. The van der Waals surface area contributed by atoms with Crippen LogP contribution in [0.4, 0.5) is 5.69 Å². The van der Waals surface area contributed by atoms with E-state index in [0.717, 1.165) is 35.5 Å². The van der Waals surface area contributed by atoms with Crippen LogP contribution < -0.4 is 11.1 Å². The second kappa shape index (κ2) is 4.42. The van der Waals surface area contributed by atoms with Gasteiger partial charge in [0.2, 0.25) is 5.91 Å². The van der Waals surface area contributed by atoms with Gasteiger partial charge in [0.05, 0.1) is 0 Å². The number of oxazole rings is 1. The molecule has 0 bridgehead atoms. The molecule has 2 aromatic rings. The molecule has 0 unspecified atom stereocenters. The van der Waals surface area contributed by atoms with Gasteiger partial charge in [0.1, 0.15) is 5.52 Å². The van der Waals surface area contributed by atoms with Crippen LogP contribution in [0.15, 0.2) is 22.6 Å². The molecule has 1 amide bonds. The number of benzene rings is 1. The summed E-state index contributed by atoms with van der Waals surface area (Å²) in [6, 6.07) is 5.50. The van der Waals surface area contributed by atoms with Gasteiger partial charge in [-0.2, -0.15) is 0 Å². The Morgan fingerprint density at radius 2 is 2.33 bits per heavy atom. The predicted octanol–water partition coefficient (Wildman–Crippen LogP) is 1.99. The molecule has 3 rings (SSSR count). The first-order valence-corrected chi connectivity index (χ1v) is 6.16. The van der Waals surface area contributed by atoms with Crippen LogP contribution in [0.5, 0.6) is 0 Å². The molecule has 0 radical (unpaired) electrons. The van der Waals surface area contributed by atoms with Gasteiger partial charge >= 0.3 is 0 Å². The van der Waals surface area contributed by atoms with Crippen LogP contribution in [-0.2, 0) is 4.79 Å². The highest BCUT2D eigenvalue weighted by molar-refractivity contribution is 5.92. The van der Waals surface area contributed by atoms with E-state index in [9.17, 15) is 4.79 Å².